The van der Waals surface area contributed by atoms with Gasteiger partial charge in [-0.1, -0.05) is 20.8 Å². The fraction of sp³-hybridized carbons (Fsp3) is 0.667. The zero-order chi connectivity index (χ0) is 21.2. The molecule has 160 valence electrons. The first-order chi connectivity index (χ1) is 12.9. The maximum Gasteiger partial charge on any atom is 0.300 e. The Bertz CT molecular complexity index is 784. The van der Waals surface area contributed by atoms with Gasteiger partial charge in [-0.3, -0.25) is 4.55 Å². The first-order valence-corrected chi connectivity index (χ1v) is 10.5. The maximum absolute atomic E-state index is 13.9. The molecule has 28 heavy (non-hydrogen) atoms. The topological polar surface area (TPSA) is 72.8 Å². The van der Waals surface area contributed by atoms with Crippen molar-refractivity contribution in [3.63, 3.8) is 0 Å². The van der Waals surface area contributed by atoms with Crippen LogP contribution in [0.4, 0.5) is 17.6 Å². The maximum atomic E-state index is 13.9. The van der Waals surface area contributed by atoms with Gasteiger partial charge in [-0.2, -0.15) is 17.2 Å². The molecule has 1 aromatic rings. The van der Waals surface area contributed by atoms with E-state index in [1.54, 1.807) is 0 Å². The van der Waals surface area contributed by atoms with Gasteiger partial charge in [0.1, 0.15) is 6.61 Å². The molecule has 0 bridgehead atoms. The second-order valence-electron chi connectivity index (χ2n) is 7.44. The van der Waals surface area contributed by atoms with E-state index in [0.29, 0.717) is 17.8 Å². The summed E-state index contributed by atoms with van der Waals surface area (Å²) in [5.74, 6) is -8.68. The SMILES string of the molecule is CC(C)[C@H]1CC[C@H](C)C(OCCOc2c(F)c(F)c(S(=O)(=O)O)c(F)c2F)C1. The Kier molecular flexibility index (Phi) is 7.33. The first kappa shape index (κ1) is 22.9. The number of benzene rings is 1. The molecular weight excluding hydrogens is 404 g/mol. The van der Waals surface area contributed by atoms with E-state index in [2.05, 4.69) is 13.8 Å². The van der Waals surface area contributed by atoms with Crippen molar-refractivity contribution in [3.05, 3.63) is 23.3 Å². The minimum Gasteiger partial charge on any atom is -0.485 e. The summed E-state index contributed by atoms with van der Waals surface area (Å²) in [4.78, 5) is -2.10. The lowest BCUT2D eigenvalue weighted by Gasteiger charge is -2.36. The Morgan fingerprint density at radius 1 is 1.04 bits per heavy atom. The number of hydrogen-bond donors (Lipinski definition) is 1. The largest absolute Gasteiger partial charge is 0.485 e. The van der Waals surface area contributed by atoms with Gasteiger partial charge in [0.2, 0.25) is 11.6 Å². The number of ether oxygens (including phenoxy) is 2. The predicted molar refractivity (Wildman–Crippen MR) is 92.7 cm³/mol. The Morgan fingerprint density at radius 2 is 1.61 bits per heavy atom. The van der Waals surface area contributed by atoms with Gasteiger partial charge in [-0.05, 0) is 37.0 Å². The molecule has 0 heterocycles. The number of halogens is 4. The summed E-state index contributed by atoms with van der Waals surface area (Å²) in [6.45, 7) is 5.84. The predicted octanol–water partition coefficient (Wildman–Crippen LogP) is 4.35. The summed E-state index contributed by atoms with van der Waals surface area (Å²) in [5, 5.41) is 0. The van der Waals surface area contributed by atoms with Crippen LogP contribution in [0.5, 0.6) is 5.75 Å². The molecule has 2 rings (SSSR count). The molecule has 0 aromatic heterocycles. The monoisotopic (exact) mass is 428 g/mol. The van der Waals surface area contributed by atoms with E-state index in [9.17, 15) is 26.0 Å². The average Bonchev–Trinajstić information content (AvgIpc) is 2.59. The zero-order valence-corrected chi connectivity index (χ0v) is 16.7. The molecule has 0 radical (unpaired) electrons. The van der Waals surface area contributed by atoms with Crippen LogP contribution in [0.1, 0.15) is 40.0 Å². The molecule has 1 unspecified atom stereocenters. The molecular formula is C18H24F4O5S. The van der Waals surface area contributed by atoms with Crippen molar-refractivity contribution < 1.29 is 40.0 Å². The van der Waals surface area contributed by atoms with Crippen LogP contribution in [-0.4, -0.2) is 32.3 Å². The van der Waals surface area contributed by atoms with E-state index in [0.717, 1.165) is 19.3 Å². The van der Waals surface area contributed by atoms with Crippen molar-refractivity contribution in [2.24, 2.45) is 17.8 Å². The first-order valence-electron chi connectivity index (χ1n) is 9.02. The molecule has 5 nitrogen and oxygen atoms in total. The van der Waals surface area contributed by atoms with Crippen molar-refractivity contribution >= 4 is 10.1 Å². The third-order valence-electron chi connectivity index (χ3n) is 5.21. The quantitative estimate of drug-likeness (QED) is 0.303. The highest BCUT2D eigenvalue weighted by atomic mass is 32.2. The molecule has 10 heteroatoms. The van der Waals surface area contributed by atoms with Crippen LogP contribution in [0.2, 0.25) is 0 Å². The smallest absolute Gasteiger partial charge is 0.300 e. The number of rotatable bonds is 7. The van der Waals surface area contributed by atoms with Crippen molar-refractivity contribution in [3.8, 4) is 5.75 Å². The molecule has 1 fully saturated rings. The number of hydrogen-bond acceptors (Lipinski definition) is 4. The Labute approximate surface area is 161 Å². The van der Waals surface area contributed by atoms with Gasteiger partial charge >= 0.3 is 10.1 Å². The van der Waals surface area contributed by atoms with Gasteiger partial charge in [0.25, 0.3) is 0 Å². The van der Waals surface area contributed by atoms with E-state index in [1.807, 2.05) is 6.92 Å². The molecule has 0 amide bonds. The lowest BCUT2D eigenvalue weighted by atomic mass is 9.76. The summed E-state index contributed by atoms with van der Waals surface area (Å²) in [6, 6.07) is 0. The average molecular weight is 428 g/mol. The molecule has 3 atom stereocenters. The molecule has 0 saturated heterocycles. The summed E-state index contributed by atoms with van der Waals surface area (Å²) in [6.07, 6.45) is 2.87. The van der Waals surface area contributed by atoms with E-state index in [4.69, 9.17) is 14.0 Å². The van der Waals surface area contributed by atoms with Crippen molar-refractivity contribution in [1.82, 2.24) is 0 Å². The molecule has 1 saturated carbocycles. The highest BCUT2D eigenvalue weighted by Crippen LogP contribution is 2.35. The Morgan fingerprint density at radius 3 is 2.11 bits per heavy atom. The molecule has 1 N–H and O–H groups in total. The summed E-state index contributed by atoms with van der Waals surface area (Å²) in [7, 11) is -5.49. The highest BCUT2D eigenvalue weighted by molar-refractivity contribution is 7.85. The minimum atomic E-state index is -5.49. The van der Waals surface area contributed by atoms with Crippen molar-refractivity contribution in [1.29, 1.82) is 0 Å². The van der Waals surface area contributed by atoms with Crippen LogP contribution in [0.3, 0.4) is 0 Å². The normalized spacial score (nSPS) is 23.2. The van der Waals surface area contributed by atoms with Gasteiger partial charge in [-0.25, -0.2) is 8.78 Å². The van der Waals surface area contributed by atoms with Crippen LogP contribution < -0.4 is 4.74 Å². The molecule has 1 aliphatic carbocycles. The second-order valence-corrected chi connectivity index (χ2v) is 8.80. The van der Waals surface area contributed by atoms with Gasteiger partial charge in [0.15, 0.2) is 22.3 Å². The highest BCUT2D eigenvalue weighted by Gasteiger charge is 2.33. The van der Waals surface area contributed by atoms with Crippen LogP contribution >= 0.6 is 0 Å². The molecule has 0 spiro atoms. The molecule has 1 aliphatic rings. The molecule has 1 aromatic carbocycles. The van der Waals surface area contributed by atoms with Crippen LogP contribution in [0, 0.1) is 41.0 Å². The van der Waals surface area contributed by atoms with Gasteiger partial charge in [-0.15, -0.1) is 0 Å². The lowest BCUT2D eigenvalue weighted by molar-refractivity contribution is -0.0367. The zero-order valence-electron chi connectivity index (χ0n) is 15.8. The van der Waals surface area contributed by atoms with E-state index in [1.165, 1.54) is 0 Å². The van der Waals surface area contributed by atoms with Gasteiger partial charge in [0.05, 0.1) is 12.7 Å². The van der Waals surface area contributed by atoms with Gasteiger partial charge in [0, 0.05) is 0 Å². The van der Waals surface area contributed by atoms with Crippen molar-refractivity contribution in [2.45, 2.75) is 51.0 Å². The van der Waals surface area contributed by atoms with Crippen LogP contribution in [0.15, 0.2) is 4.90 Å². The lowest BCUT2D eigenvalue weighted by Crippen LogP contribution is -2.33. The summed E-state index contributed by atoms with van der Waals surface area (Å²) < 4.78 is 96.3. The van der Waals surface area contributed by atoms with Crippen LogP contribution in [0.25, 0.3) is 0 Å². The Hall–Kier alpha value is -1.39. The second kappa shape index (κ2) is 8.96. The molecule has 0 aliphatic heterocycles. The van der Waals surface area contributed by atoms with E-state index in [-0.39, 0.29) is 12.7 Å². The minimum absolute atomic E-state index is 0.0603. The van der Waals surface area contributed by atoms with Crippen molar-refractivity contribution in [2.75, 3.05) is 13.2 Å². The standard InChI is InChI=1S/C18H24F4O5S/c1-9(2)11-5-4-10(3)12(8-11)26-6-7-27-17-13(19)15(21)18(28(23,24)25)16(22)14(17)20/h9-12H,4-8H2,1-3H3,(H,23,24,25)/t10-,11-,12?/m0/s1. The third kappa shape index (κ3) is 4.96. The van der Waals surface area contributed by atoms with E-state index >= 15 is 0 Å². The summed E-state index contributed by atoms with van der Waals surface area (Å²) >= 11 is 0. The van der Waals surface area contributed by atoms with Gasteiger partial charge < -0.3 is 9.47 Å². The Balaban J connectivity index is 2.04. The fourth-order valence-corrected chi connectivity index (χ4v) is 4.07. The van der Waals surface area contributed by atoms with Crippen LogP contribution in [-0.2, 0) is 14.9 Å². The van der Waals surface area contributed by atoms with E-state index < -0.39 is 50.6 Å². The fourth-order valence-electron chi connectivity index (χ4n) is 3.44. The summed E-state index contributed by atoms with van der Waals surface area (Å²) in [5.41, 5.74) is 0. The third-order valence-corrected chi connectivity index (χ3v) is 6.08.